The molecule has 1 rings (SSSR count). The molecule has 0 N–H and O–H groups in total. The van der Waals surface area contributed by atoms with Crippen LogP contribution in [0.4, 0.5) is 0 Å². The summed E-state index contributed by atoms with van der Waals surface area (Å²) >= 11 is 5.47. The maximum atomic E-state index is 11.6. The molecule has 0 bridgehead atoms. The van der Waals surface area contributed by atoms with E-state index in [9.17, 15) is 4.79 Å². The van der Waals surface area contributed by atoms with Crippen LogP contribution < -0.4 is 9.96 Å². The predicted molar refractivity (Wildman–Crippen MR) is 77.2 cm³/mol. The second-order valence-electron chi connectivity index (χ2n) is 5.46. The van der Waals surface area contributed by atoms with Gasteiger partial charge in [0.05, 0.1) is 0 Å². The van der Waals surface area contributed by atoms with E-state index in [1.807, 2.05) is 6.20 Å². The molecule has 0 aliphatic heterocycles. The molecular weight excluding hydrogens is 310 g/mol. The van der Waals surface area contributed by atoms with E-state index in [4.69, 9.17) is 16.3 Å². The van der Waals surface area contributed by atoms with E-state index in [2.05, 4.69) is 27.7 Å². The average molecular weight is 330 g/mol. The van der Waals surface area contributed by atoms with E-state index in [0.29, 0.717) is 5.02 Å². The third-order valence-corrected chi connectivity index (χ3v) is 7.64. The fourth-order valence-electron chi connectivity index (χ4n) is 1.51. The zero-order valence-electron chi connectivity index (χ0n) is 11.8. The van der Waals surface area contributed by atoms with E-state index in [0.717, 1.165) is 4.40 Å². The Kier molecular flexibility index (Phi) is 4.73. The molecule has 1 heterocycles. The van der Waals surface area contributed by atoms with Crippen molar-refractivity contribution < 1.29 is 4.74 Å². The van der Waals surface area contributed by atoms with Crippen LogP contribution in [0, 0.1) is 0 Å². The van der Waals surface area contributed by atoms with Crippen molar-refractivity contribution in [3.63, 3.8) is 0 Å². The maximum absolute atomic E-state index is 11.6. The molecule has 0 aliphatic carbocycles. The van der Waals surface area contributed by atoms with Gasteiger partial charge in [-0.3, -0.25) is 0 Å². The number of nitrogens with zero attached hydrogens (tertiary/aromatic N) is 1. The molecule has 0 fully saturated rings. The number of ether oxygens (including phenoxy) is 1. The Hall–Kier alpha value is -0.257. The van der Waals surface area contributed by atoms with Crippen molar-refractivity contribution in [1.82, 2.24) is 4.57 Å². The molecule has 2 radical (unpaired) electrons. The summed E-state index contributed by atoms with van der Waals surface area (Å²) < 4.78 is 8.36. The van der Waals surface area contributed by atoms with Crippen molar-refractivity contribution >= 4 is 31.4 Å². The first-order valence-corrected chi connectivity index (χ1v) is 8.28. The van der Waals surface area contributed by atoms with Gasteiger partial charge in [-0.05, 0) is 0 Å². The summed E-state index contributed by atoms with van der Waals surface area (Å²) in [6.07, 6.45) is 1.89. The number of hydrogen-bond acceptors (Lipinski definition) is 2. The van der Waals surface area contributed by atoms with Gasteiger partial charge in [-0.2, -0.15) is 0 Å². The van der Waals surface area contributed by atoms with Crippen LogP contribution >= 0.6 is 11.6 Å². The number of halogens is 1. The summed E-state index contributed by atoms with van der Waals surface area (Å²) in [6, 6.07) is 1.80. The van der Waals surface area contributed by atoms with Crippen molar-refractivity contribution in [3.8, 4) is 0 Å². The fourth-order valence-corrected chi connectivity index (χ4v) is 5.30. The molecule has 18 heavy (non-hydrogen) atoms. The molecule has 0 saturated carbocycles. The van der Waals surface area contributed by atoms with Gasteiger partial charge in [0.15, 0.2) is 0 Å². The van der Waals surface area contributed by atoms with Crippen LogP contribution in [0.25, 0.3) is 0 Å². The Labute approximate surface area is 120 Å². The third-order valence-electron chi connectivity index (χ3n) is 3.61. The molecule has 1 aromatic rings. The Bertz CT molecular complexity index is 468. The first-order valence-electron chi connectivity index (χ1n) is 5.80. The summed E-state index contributed by atoms with van der Waals surface area (Å²) in [4.78, 5) is 11.6. The standard InChI is InChI=1S/C13H20ClGeNO2/c1-12(2,13(3,4)18-6)15-9-7-10(14)11(17)16(5)8-9/h7-8H,1-6H3. The van der Waals surface area contributed by atoms with Crippen LogP contribution in [0.1, 0.15) is 27.7 Å². The van der Waals surface area contributed by atoms with Crippen molar-refractivity contribution in [3.05, 3.63) is 27.6 Å². The van der Waals surface area contributed by atoms with Gasteiger partial charge < -0.3 is 0 Å². The Morgan fingerprint density at radius 1 is 1.33 bits per heavy atom. The van der Waals surface area contributed by atoms with E-state index in [-0.39, 0.29) is 15.4 Å². The summed E-state index contributed by atoms with van der Waals surface area (Å²) in [5, 5.41) is 0.296. The fraction of sp³-hybridized carbons (Fsp3) is 0.615. The van der Waals surface area contributed by atoms with E-state index >= 15 is 0 Å². The van der Waals surface area contributed by atoms with Crippen LogP contribution in [-0.4, -0.2) is 32.7 Å². The SMILES string of the molecule is COC(C)(C)[C](C)(C)[Ge][c]1cc(Cl)c(=O)n(C)c1. The topological polar surface area (TPSA) is 31.2 Å². The summed E-state index contributed by atoms with van der Waals surface area (Å²) in [6.45, 7) is 8.60. The first-order chi connectivity index (χ1) is 8.10. The van der Waals surface area contributed by atoms with Crippen LogP contribution in [-0.2, 0) is 11.8 Å². The molecule has 5 heteroatoms. The van der Waals surface area contributed by atoms with Gasteiger partial charge in [0.2, 0.25) is 0 Å². The second kappa shape index (κ2) is 5.39. The third kappa shape index (κ3) is 3.19. The molecule has 0 amide bonds. The van der Waals surface area contributed by atoms with Crippen LogP contribution in [0.5, 0.6) is 0 Å². The number of methoxy groups -OCH3 is 1. The number of pyridine rings is 1. The Morgan fingerprint density at radius 2 is 1.89 bits per heavy atom. The predicted octanol–water partition coefficient (Wildman–Crippen LogP) is 1.99. The molecule has 0 aromatic carbocycles. The monoisotopic (exact) mass is 331 g/mol. The molecule has 100 valence electrons. The van der Waals surface area contributed by atoms with Gasteiger partial charge in [-0.15, -0.1) is 0 Å². The molecule has 0 aliphatic rings. The van der Waals surface area contributed by atoms with Gasteiger partial charge in [0.25, 0.3) is 0 Å². The van der Waals surface area contributed by atoms with Crippen LogP contribution in [0.15, 0.2) is 17.1 Å². The van der Waals surface area contributed by atoms with Crippen molar-refractivity contribution in [2.24, 2.45) is 7.05 Å². The van der Waals surface area contributed by atoms with E-state index < -0.39 is 15.4 Å². The first kappa shape index (κ1) is 15.8. The molecule has 1 aromatic heterocycles. The van der Waals surface area contributed by atoms with Crippen LogP contribution in [0.2, 0.25) is 9.27 Å². The average Bonchev–Trinajstić information content (AvgIpc) is 2.25. The Morgan fingerprint density at radius 3 is 2.33 bits per heavy atom. The van der Waals surface area contributed by atoms with Gasteiger partial charge in [0.1, 0.15) is 0 Å². The van der Waals surface area contributed by atoms with Crippen molar-refractivity contribution in [2.75, 3.05) is 7.11 Å². The Balaban J connectivity index is 3.09. The molecule has 0 saturated heterocycles. The molecule has 0 unspecified atom stereocenters. The van der Waals surface area contributed by atoms with Crippen molar-refractivity contribution in [1.29, 1.82) is 0 Å². The number of aryl methyl sites for hydroxylation is 1. The zero-order chi connectivity index (χ0) is 14.1. The van der Waals surface area contributed by atoms with Gasteiger partial charge in [-0.1, -0.05) is 0 Å². The minimum atomic E-state index is -0.485. The molecule has 3 nitrogen and oxygen atoms in total. The van der Waals surface area contributed by atoms with Crippen LogP contribution in [0.3, 0.4) is 0 Å². The van der Waals surface area contributed by atoms with Gasteiger partial charge in [0, 0.05) is 0 Å². The molecular formula is C13H20ClGeNO2. The summed E-state index contributed by atoms with van der Waals surface area (Å²) in [7, 11) is 3.47. The molecule has 0 spiro atoms. The summed E-state index contributed by atoms with van der Waals surface area (Å²) in [5.74, 6) is 0. The second-order valence-corrected chi connectivity index (χ2v) is 10.2. The van der Waals surface area contributed by atoms with Gasteiger partial charge >= 0.3 is 120 Å². The number of aromatic nitrogens is 1. The number of rotatable bonds is 4. The van der Waals surface area contributed by atoms with Gasteiger partial charge in [-0.25, -0.2) is 0 Å². The normalized spacial score (nSPS) is 12.8. The quantitative estimate of drug-likeness (QED) is 0.791. The summed E-state index contributed by atoms with van der Waals surface area (Å²) in [5.41, 5.74) is -0.343. The molecule has 0 atom stereocenters. The van der Waals surface area contributed by atoms with E-state index in [1.54, 1.807) is 24.8 Å². The minimum absolute atomic E-state index is 0.0580. The van der Waals surface area contributed by atoms with E-state index in [1.165, 1.54) is 0 Å². The van der Waals surface area contributed by atoms with Crippen molar-refractivity contribution in [2.45, 2.75) is 37.5 Å². The number of hydrogen-bond donors (Lipinski definition) is 0. The zero-order valence-corrected chi connectivity index (χ0v) is 14.7.